The number of nitrogens with zero attached hydrogens (tertiary/aromatic N) is 1. The van der Waals surface area contributed by atoms with Crippen LogP contribution in [-0.2, 0) is 6.42 Å². The summed E-state index contributed by atoms with van der Waals surface area (Å²) in [6, 6.07) is 8.12. The topological polar surface area (TPSA) is 32.7 Å². The number of hydrogen-bond donors (Lipinski definition) is 1. The molecule has 1 heterocycles. The highest BCUT2D eigenvalue weighted by atomic mass is 16.5. The first-order chi connectivity index (χ1) is 8.69. The van der Waals surface area contributed by atoms with Gasteiger partial charge in [-0.15, -0.1) is 0 Å². The van der Waals surface area contributed by atoms with Gasteiger partial charge in [0.2, 0.25) is 0 Å². The van der Waals surface area contributed by atoms with Crippen LogP contribution >= 0.6 is 0 Å². The fourth-order valence-electron chi connectivity index (χ4n) is 3.04. The summed E-state index contributed by atoms with van der Waals surface area (Å²) in [6.45, 7) is 2.34. The lowest BCUT2D eigenvalue weighted by molar-refractivity contribution is 0.0434. The molecule has 1 aromatic carbocycles. The number of piperidine rings is 1. The molecule has 0 aliphatic carbocycles. The summed E-state index contributed by atoms with van der Waals surface area (Å²) in [5.41, 5.74) is 1.19. The molecule has 1 aliphatic heterocycles. The van der Waals surface area contributed by atoms with E-state index in [1.807, 2.05) is 18.2 Å². The van der Waals surface area contributed by atoms with Crippen molar-refractivity contribution >= 4 is 0 Å². The van der Waals surface area contributed by atoms with Gasteiger partial charge in [0, 0.05) is 12.0 Å². The smallest absolute Gasteiger partial charge is 0.122 e. The Labute approximate surface area is 109 Å². The zero-order valence-electron chi connectivity index (χ0n) is 11.4. The van der Waals surface area contributed by atoms with E-state index in [9.17, 15) is 5.11 Å². The number of likely N-dealkylation sites (tertiary alicyclic amines) is 1. The maximum atomic E-state index is 9.82. The third-order valence-electron chi connectivity index (χ3n) is 3.95. The average molecular weight is 249 g/mol. The summed E-state index contributed by atoms with van der Waals surface area (Å²) in [7, 11) is 3.84. The monoisotopic (exact) mass is 249 g/mol. The van der Waals surface area contributed by atoms with E-state index in [0.29, 0.717) is 0 Å². The summed E-state index contributed by atoms with van der Waals surface area (Å²) in [6.07, 6.45) is 3.13. The molecule has 0 saturated carbocycles. The molecule has 1 saturated heterocycles. The molecule has 3 heteroatoms. The molecule has 3 nitrogen and oxygen atoms in total. The standard InChI is InChI=1S/C15H23NO2/c1-16-9-5-8-15(11-16,12-17)10-13-6-3-4-7-14(13)18-2/h3-4,6-7,17H,5,8-12H2,1-2H3. The Morgan fingerprint density at radius 1 is 1.39 bits per heavy atom. The van der Waals surface area contributed by atoms with E-state index in [-0.39, 0.29) is 12.0 Å². The Kier molecular flexibility index (Phi) is 4.25. The van der Waals surface area contributed by atoms with Gasteiger partial charge in [-0.05, 0) is 44.5 Å². The summed E-state index contributed by atoms with van der Waals surface area (Å²) >= 11 is 0. The third-order valence-corrected chi connectivity index (χ3v) is 3.95. The van der Waals surface area contributed by atoms with Crippen LogP contribution in [0.15, 0.2) is 24.3 Å². The van der Waals surface area contributed by atoms with Crippen molar-refractivity contribution in [1.29, 1.82) is 0 Å². The van der Waals surface area contributed by atoms with Crippen molar-refractivity contribution in [2.45, 2.75) is 19.3 Å². The first kappa shape index (κ1) is 13.4. The summed E-state index contributed by atoms with van der Waals surface area (Å²) in [5.74, 6) is 0.929. The molecular formula is C15H23NO2. The van der Waals surface area contributed by atoms with Crippen molar-refractivity contribution in [2.75, 3.05) is 33.9 Å². The molecule has 1 N–H and O–H groups in total. The normalized spacial score (nSPS) is 25.1. The fourth-order valence-corrected chi connectivity index (χ4v) is 3.04. The summed E-state index contributed by atoms with van der Waals surface area (Å²) < 4.78 is 5.41. The molecule has 1 aliphatic rings. The highest BCUT2D eigenvalue weighted by Crippen LogP contribution is 2.35. The first-order valence-corrected chi connectivity index (χ1v) is 6.60. The second kappa shape index (κ2) is 5.72. The van der Waals surface area contributed by atoms with E-state index in [4.69, 9.17) is 4.74 Å². The molecule has 1 aromatic rings. The minimum atomic E-state index is -0.0123. The Bertz CT molecular complexity index is 394. The van der Waals surface area contributed by atoms with Gasteiger partial charge in [-0.25, -0.2) is 0 Å². The molecule has 2 rings (SSSR count). The number of hydrogen-bond acceptors (Lipinski definition) is 3. The van der Waals surface area contributed by atoms with Gasteiger partial charge in [0.25, 0.3) is 0 Å². The van der Waals surface area contributed by atoms with E-state index in [1.165, 1.54) is 5.56 Å². The number of methoxy groups -OCH3 is 1. The molecule has 0 amide bonds. The molecule has 1 atom stereocenters. The van der Waals surface area contributed by atoms with Gasteiger partial charge in [0.15, 0.2) is 0 Å². The van der Waals surface area contributed by atoms with Crippen molar-refractivity contribution in [1.82, 2.24) is 4.90 Å². The van der Waals surface area contributed by atoms with Crippen LogP contribution in [0, 0.1) is 5.41 Å². The number of aliphatic hydroxyl groups is 1. The third kappa shape index (κ3) is 2.85. The van der Waals surface area contributed by atoms with Crippen molar-refractivity contribution in [2.24, 2.45) is 5.41 Å². The molecule has 1 fully saturated rings. The summed E-state index contributed by atoms with van der Waals surface area (Å²) in [5, 5.41) is 9.82. The zero-order valence-corrected chi connectivity index (χ0v) is 11.4. The number of benzene rings is 1. The van der Waals surface area contributed by atoms with E-state index >= 15 is 0 Å². The molecule has 18 heavy (non-hydrogen) atoms. The van der Waals surface area contributed by atoms with Crippen LogP contribution in [0.25, 0.3) is 0 Å². The SMILES string of the molecule is COc1ccccc1CC1(CO)CCCN(C)C1. The van der Waals surface area contributed by atoms with Crippen molar-refractivity contribution in [3.05, 3.63) is 29.8 Å². The maximum Gasteiger partial charge on any atom is 0.122 e. The molecule has 100 valence electrons. The van der Waals surface area contributed by atoms with Crippen molar-refractivity contribution in [3.8, 4) is 5.75 Å². The quantitative estimate of drug-likeness (QED) is 0.885. The van der Waals surface area contributed by atoms with Gasteiger partial charge in [-0.1, -0.05) is 18.2 Å². The van der Waals surface area contributed by atoms with Crippen LogP contribution in [0.1, 0.15) is 18.4 Å². The highest BCUT2D eigenvalue weighted by Gasteiger charge is 2.34. The minimum Gasteiger partial charge on any atom is -0.496 e. The molecule has 1 unspecified atom stereocenters. The van der Waals surface area contributed by atoms with Crippen LogP contribution in [0.3, 0.4) is 0 Å². The lowest BCUT2D eigenvalue weighted by atomic mass is 9.76. The van der Waals surface area contributed by atoms with E-state index < -0.39 is 0 Å². The highest BCUT2D eigenvalue weighted by molar-refractivity contribution is 5.34. The Morgan fingerprint density at radius 3 is 2.83 bits per heavy atom. The number of rotatable bonds is 4. The lowest BCUT2D eigenvalue weighted by Gasteiger charge is -2.40. The summed E-state index contributed by atoms with van der Waals surface area (Å²) in [4.78, 5) is 2.31. The molecule has 0 spiro atoms. The van der Waals surface area contributed by atoms with E-state index in [2.05, 4.69) is 18.0 Å². The van der Waals surface area contributed by atoms with Crippen LogP contribution < -0.4 is 4.74 Å². The van der Waals surface area contributed by atoms with Crippen LogP contribution in [-0.4, -0.2) is 43.9 Å². The van der Waals surface area contributed by atoms with Crippen molar-refractivity contribution in [3.63, 3.8) is 0 Å². The predicted octanol–water partition coefficient (Wildman–Crippen LogP) is 1.94. The van der Waals surface area contributed by atoms with Gasteiger partial charge in [0.05, 0.1) is 13.7 Å². The number of para-hydroxylation sites is 1. The molecule has 0 radical (unpaired) electrons. The second-order valence-electron chi connectivity index (χ2n) is 5.49. The van der Waals surface area contributed by atoms with Gasteiger partial charge < -0.3 is 14.7 Å². The van der Waals surface area contributed by atoms with Crippen LogP contribution in [0.5, 0.6) is 5.75 Å². The predicted molar refractivity (Wildman–Crippen MR) is 72.9 cm³/mol. The Hall–Kier alpha value is -1.06. The maximum absolute atomic E-state index is 9.82. The molecular weight excluding hydrogens is 226 g/mol. The van der Waals surface area contributed by atoms with E-state index in [0.717, 1.165) is 38.1 Å². The second-order valence-corrected chi connectivity index (χ2v) is 5.49. The number of aliphatic hydroxyl groups excluding tert-OH is 1. The van der Waals surface area contributed by atoms with E-state index in [1.54, 1.807) is 7.11 Å². The van der Waals surface area contributed by atoms with Gasteiger partial charge in [-0.3, -0.25) is 0 Å². The zero-order chi connectivity index (χ0) is 13.0. The van der Waals surface area contributed by atoms with Crippen molar-refractivity contribution < 1.29 is 9.84 Å². The van der Waals surface area contributed by atoms with Gasteiger partial charge in [0.1, 0.15) is 5.75 Å². The van der Waals surface area contributed by atoms with Gasteiger partial charge in [-0.2, -0.15) is 0 Å². The molecule has 0 bridgehead atoms. The largest absolute Gasteiger partial charge is 0.496 e. The number of ether oxygens (including phenoxy) is 1. The Morgan fingerprint density at radius 2 is 2.17 bits per heavy atom. The Balaban J connectivity index is 2.19. The minimum absolute atomic E-state index is 0.0123. The van der Waals surface area contributed by atoms with Gasteiger partial charge >= 0.3 is 0 Å². The lowest BCUT2D eigenvalue weighted by Crippen LogP contribution is -2.44. The fraction of sp³-hybridized carbons (Fsp3) is 0.600. The van der Waals surface area contributed by atoms with Crippen LogP contribution in [0.4, 0.5) is 0 Å². The molecule has 0 aromatic heterocycles. The average Bonchev–Trinajstić information content (AvgIpc) is 2.39. The first-order valence-electron chi connectivity index (χ1n) is 6.60. The van der Waals surface area contributed by atoms with Crippen LogP contribution in [0.2, 0.25) is 0 Å².